The van der Waals surface area contributed by atoms with E-state index in [2.05, 4.69) is 23.3 Å². The monoisotopic (exact) mass is 268 g/mol. The molecule has 1 aromatic carbocycles. The Morgan fingerprint density at radius 1 is 1.28 bits per heavy atom. The zero-order valence-corrected chi connectivity index (χ0v) is 10.7. The lowest BCUT2D eigenvalue weighted by Crippen LogP contribution is -2.48. The van der Waals surface area contributed by atoms with E-state index in [0.29, 0.717) is 18.7 Å². The van der Waals surface area contributed by atoms with Crippen LogP contribution in [-0.4, -0.2) is 35.4 Å². The number of benzene rings is 1. The first-order chi connectivity index (χ1) is 8.63. The van der Waals surface area contributed by atoms with Crippen molar-refractivity contribution in [1.82, 2.24) is 10.6 Å². The fourth-order valence-corrected chi connectivity index (χ4v) is 1.62. The van der Waals surface area contributed by atoms with E-state index < -0.39 is 12.1 Å². The molecular formula is C12H16N2O3S. The molecule has 98 valence electrons. The Kier molecular flexibility index (Phi) is 6.07. The van der Waals surface area contributed by atoms with E-state index in [9.17, 15) is 9.59 Å². The minimum atomic E-state index is -1.21. The van der Waals surface area contributed by atoms with Crippen LogP contribution < -0.4 is 10.6 Å². The number of hydrogen-bond donors (Lipinski definition) is 4. The number of nitrogens with one attached hydrogen (secondary N) is 2. The molecule has 5 nitrogen and oxygen atoms in total. The quantitative estimate of drug-likeness (QED) is 0.579. The summed E-state index contributed by atoms with van der Waals surface area (Å²) in [4.78, 5) is 22.4. The number of hydrogen-bond acceptors (Lipinski definition) is 3. The summed E-state index contributed by atoms with van der Waals surface area (Å²) in [6, 6.07) is 8.47. The number of thiol groups is 1. The van der Waals surface area contributed by atoms with Gasteiger partial charge in [-0.1, -0.05) is 30.3 Å². The van der Waals surface area contributed by atoms with Crippen molar-refractivity contribution >= 4 is 24.6 Å². The van der Waals surface area contributed by atoms with Gasteiger partial charge < -0.3 is 15.7 Å². The number of carbonyl (C=O) groups excluding carboxylic acids is 1. The Morgan fingerprint density at radius 3 is 2.50 bits per heavy atom. The van der Waals surface area contributed by atoms with Crippen molar-refractivity contribution in [1.29, 1.82) is 0 Å². The lowest BCUT2D eigenvalue weighted by atomic mass is 10.1. The molecule has 6 heteroatoms. The number of rotatable bonds is 6. The Balaban J connectivity index is 2.66. The minimum Gasteiger partial charge on any atom is -0.465 e. The number of carbonyl (C=O) groups is 2. The molecule has 1 rings (SSSR count). The van der Waals surface area contributed by atoms with Crippen LogP contribution in [0.4, 0.5) is 4.79 Å². The fourth-order valence-electron chi connectivity index (χ4n) is 1.51. The summed E-state index contributed by atoms with van der Waals surface area (Å²) in [5.41, 5.74) is 0.900. The maximum Gasteiger partial charge on any atom is 0.405 e. The lowest BCUT2D eigenvalue weighted by Gasteiger charge is -2.16. The summed E-state index contributed by atoms with van der Waals surface area (Å²) in [6.07, 6.45) is -0.886. The van der Waals surface area contributed by atoms with Gasteiger partial charge in [0.2, 0.25) is 5.91 Å². The average Bonchev–Trinajstić information content (AvgIpc) is 2.36. The van der Waals surface area contributed by atoms with Gasteiger partial charge in [0.05, 0.1) is 0 Å². The molecule has 0 aromatic heterocycles. The maximum absolute atomic E-state index is 11.8. The van der Waals surface area contributed by atoms with Gasteiger partial charge in [-0.3, -0.25) is 4.79 Å². The second-order valence-electron chi connectivity index (χ2n) is 3.71. The van der Waals surface area contributed by atoms with Crippen LogP contribution in [0.5, 0.6) is 0 Å². The van der Waals surface area contributed by atoms with Crippen LogP contribution in [0.2, 0.25) is 0 Å². The Hall–Kier alpha value is -1.69. The molecule has 0 spiro atoms. The second-order valence-corrected chi connectivity index (χ2v) is 4.15. The van der Waals surface area contributed by atoms with Crippen molar-refractivity contribution in [3.8, 4) is 0 Å². The Bertz CT molecular complexity index is 398. The van der Waals surface area contributed by atoms with Crippen LogP contribution in [0.1, 0.15) is 5.56 Å². The third kappa shape index (κ3) is 5.09. The third-order valence-electron chi connectivity index (χ3n) is 2.31. The SMILES string of the molecule is O=C(O)NC(Cc1ccccc1)C(=O)NCCS. The van der Waals surface area contributed by atoms with Crippen molar-refractivity contribution in [3.63, 3.8) is 0 Å². The van der Waals surface area contributed by atoms with Gasteiger partial charge >= 0.3 is 6.09 Å². The molecule has 0 aliphatic carbocycles. The largest absolute Gasteiger partial charge is 0.465 e. The second kappa shape index (κ2) is 7.60. The molecule has 0 saturated carbocycles. The number of amides is 2. The van der Waals surface area contributed by atoms with Gasteiger partial charge in [-0.2, -0.15) is 12.6 Å². The van der Waals surface area contributed by atoms with Crippen LogP contribution >= 0.6 is 12.6 Å². The Morgan fingerprint density at radius 2 is 1.94 bits per heavy atom. The molecule has 0 aliphatic rings. The summed E-state index contributed by atoms with van der Waals surface area (Å²) in [7, 11) is 0. The highest BCUT2D eigenvalue weighted by atomic mass is 32.1. The zero-order valence-electron chi connectivity index (χ0n) is 9.80. The molecule has 1 atom stereocenters. The van der Waals surface area contributed by atoms with Crippen molar-refractivity contribution in [2.75, 3.05) is 12.3 Å². The highest BCUT2D eigenvalue weighted by molar-refractivity contribution is 7.80. The van der Waals surface area contributed by atoms with Crippen molar-refractivity contribution < 1.29 is 14.7 Å². The first-order valence-electron chi connectivity index (χ1n) is 5.55. The van der Waals surface area contributed by atoms with Gasteiger partial charge in [-0.05, 0) is 5.56 Å². The summed E-state index contributed by atoms with van der Waals surface area (Å²) < 4.78 is 0. The molecule has 0 bridgehead atoms. The summed E-state index contributed by atoms with van der Waals surface area (Å²) in [6.45, 7) is 0.411. The highest BCUT2D eigenvalue weighted by Crippen LogP contribution is 2.03. The Labute approximate surface area is 111 Å². The normalized spacial score (nSPS) is 11.6. The molecule has 0 fully saturated rings. The standard InChI is InChI=1S/C12H16N2O3S/c15-11(13-6-7-18)10(14-12(16)17)8-9-4-2-1-3-5-9/h1-5,10,14,18H,6-8H2,(H,13,15)(H,16,17). The van der Waals surface area contributed by atoms with Gasteiger partial charge in [-0.25, -0.2) is 4.79 Å². The van der Waals surface area contributed by atoms with E-state index in [-0.39, 0.29) is 5.91 Å². The molecule has 0 heterocycles. The summed E-state index contributed by atoms with van der Waals surface area (Å²) >= 11 is 3.98. The van der Waals surface area contributed by atoms with Gasteiger partial charge in [0.1, 0.15) is 6.04 Å². The smallest absolute Gasteiger partial charge is 0.405 e. The molecule has 1 unspecified atom stereocenters. The van der Waals surface area contributed by atoms with E-state index in [1.165, 1.54) is 0 Å². The van der Waals surface area contributed by atoms with E-state index in [0.717, 1.165) is 5.56 Å². The zero-order chi connectivity index (χ0) is 13.4. The van der Waals surface area contributed by atoms with Crippen LogP contribution in [-0.2, 0) is 11.2 Å². The first kappa shape index (κ1) is 14.4. The van der Waals surface area contributed by atoms with E-state index in [4.69, 9.17) is 5.11 Å². The van der Waals surface area contributed by atoms with Gasteiger partial charge in [0, 0.05) is 18.7 Å². The molecule has 0 aliphatic heterocycles. The highest BCUT2D eigenvalue weighted by Gasteiger charge is 2.20. The number of carboxylic acid groups (broad SMARTS) is 1. The topological polar surface area (TPSA) is 78.4 Å². The molecular weight excluding hydrogens is 252 g/mol. The summed E-state index contributed by atoms with van der Waals surface area (Å²) in [5, 5.41) is 13.6. The minimum absolute atomic E-state index is 0.325. The third-order valence-corrected chi connectivity index (χ3v) is 2.53. The van der Waals surface area contributed by atoms with Gasteiger partial charge in [0.25, 0.3) is 0 Å². The molecule has 2 amide bonds. The van der Waals surface area contributed by atoms with Gasteiger partial charge in [0.15, 0.2) is 0 Å². The van der Waals surface area contributed by atoms with E-state index >= 15 is 0 Å². The fraction of sp³-hybridized carbons (Fsp3) is 0.333. The molecule has 3 N–H and O–H groups in total. The lowest BCUT2D eigenvalue weighted by molar-refractivity contribution is -0.122. The predicted molar refractivity (Wildman–Crippen MR) is 72.0 cm³/mol. The van der Waals surface area contributed by atoms with Crippen molar-refractivity contribution in [2.45, 2.75) is 12.5 Å². The van der Waals surface area contributed by atoms with Crippen LogP contribution in [0.15, 0.2) is 30.3 Å². The van der Waals surface area contributed by atoms with Crippen LogP contribution in [0, 0.1) is 0 Å². The molecule has 0 saturated heterocycles. The van der Waals surface area contributed by atoms with Gasteiger partial charge in [-0.15, -0.1) is 0 Å². The van der Waals surface area contributed by atoms with Crippen LogP contribution in [0.25, 0.3) is 0 Å². The van der Waals surface area contributed by atoms with E-state index in [1.807, 2.05) is 30.3 Å². The van der Waals surface area contributed by atoms with E-state index in [1.54, 1.807) is 0 Å². The molecule has 1 aromatic rings. The molecule has 0 radical (unpaired) electrons. The predicted octanol–water partition coefficient (Wildman–Crippen LogP) is 0.911. The molecule has 18 heavy (non-hydrogen) atoms. The van der Waals surface area contributed by atoms with Crippen molar-refractivity contribution in [2.24, 2.45) is 0 Å². The summed E-state index contributed by atoms with van der Waals surface area (Å²) in [5.74, 6) is 0.173. The first-order valence-corrected chi connectivity index (χ1v) is 6.18. The van der Waals surface area contributed by atoms with Crippen LogP contribution in [0.3, 0.4) is 0 Å². The maximum atomic E-state index is 11.8. The average molecular weight is 268 g/mol. The van der Waals surface area contributed by atoms with Crippen molar-refractivity contribution in [3.05, 3.63) is 35.9 Å².